The minimum absolute atomic E-state index is 0.183. The molecule has 0 unspecified atom stereocenters. The van der Waals surface area contributed by atoms with Crippen LogP contribution in [0.25, 0.3) is 5.65 Å². The molecule has 1 aliphatic rings. The van der Waals surface area contributed by atoms with Gasteiger partial charge in [0.05, 0.1) is 11.7 Å². The van der Waals surface area contributed by atoms with E-state index in [1.165, 1.54) is 4.63 Å². The van der Waals surface area contributed by atoms with Crippen LogP contribution in [0.3, 0.4) is 0 Å². The molecule has 0 bridgehead atoms. The van der Waals surface area contributed by atoms with Gasteiger partial charge in [0.1, 0.15) is 5.15 Å². The van der Waals surface area contributed by atoms with Gasteiger partial charge in [0.15, 0.2) is 11.5 Å². The number of aromatic nitrogens is 7. The highest BCUT2D eigenvalue weighted by atomic mass is 35.5. The summed E-state index contributed by atoms with van der Waals surface area (Å²) in [7, 11) is 1.86. The molecule has 1 fully saturated rings. The van der Waals surface area contributed by atoms with Crippen LogP contribution >= 0.6 is 11.6 Å². The monoisotopic (exact) mass is 318 g/mol. The Morgan fingerprint density at radius 2 is 2.14 bits per heavy atom. The molecule has 3 aromatic rings. The molecule has 8 nitrogen and oxygen atoms in total. The summed E-state index contributed by atoms with van der Waals surface area (Å²) in [6.07, 6.45) is 2.12. The van der Waals surface area contributed by atoms with Crippen LogP contribution in [0.2, 0.25) is 5.15 Å². The van der Waals surface area contributed by atoms with Crippen LogP contribution in [0, 0.1) is 6.92 Å². The molecule has 3 aromatic heterocycles. The third kappa shape index (κ3) is 1.94. The summed E-state index contributed by atoms with van der Waals surface area (Å²) in [6, 6.07) is 4.00. The quantitative estimate of drug-likeness (QED) is 0.713. The molecule has 9 heteroatoms. The van der Waals surface area contributed by atoms with E-state index < -0.39 is 0 Å². The maximum absolute atomic E-state index is 6.44. The minimum atomic E-state index is 0.183. The van der Waals surface area contributed by atoms with Gasteiger partial charge in [-0.2, -0.15) is 5.10 Å². The smallest absolute Gasteiger partial charge is 0.200 e. The van der Waals surface area contributed by atoms with Gasteiger partial charge < -0.3 is 4.90 Å². The van der Waals surface area contributed by atoms with Crippen molar-refractivity contribution in [2.75, 3.05) is 11.4 Å². The summed E-state index contributed by atoms with van der Waals surface area (Å²) in [5.41, 5.74) is 2.68. The van der Waals surface area contributed by atoms with Gasteiger partial charge in [0.2, 0.25) is 0 Å². The van der Waals surface area contributed by atoms with Gasteiger partial charge in [-0.1, -0.05) is 11.6 Å². The van der Waals surface area contributed by atoms with E-state index in [2.05, 4.69) is 30.6 Å². The fourth-order valence-electron chi connectivity index (χ4n) is 3.16. The van der Waals surface area contributed by atoms with Crippen molar-refractivity contribution in [3.8, 4) is 0 Å². The molecule has 0 radical (unpaired) electrons. The van der Waals surface area contributed by atoms with E-state index in [9.17, 15) is 0 Å². The van der Waals surface area contributed by atoms with E-state index in [1.807, 2.05) is 26.1 Å². The fourth-order valence-corrected chi connectivity index (χ4v) is 3.46. The lowest BCUT2D eigenvalue weighted by atomic mass is 10.1. The van der Waals surface area contributed by atoms with Gasteiger partial charge in [-0.05, 0) is 42.3 Å². The average molecular weight is 319 g/mol. The standard InChI is InChI=1S/C13H15ClN8/c1-8-12(13(14)20(2)16-8)9-4-3-7-21(9)11-6-5-10-15-18-19-22(10)17-11/h5-6,9H,3-4,7H2,1-2H3/t9-/m0/s1. The number of hydrogen-bond acceptors (Lipinski definition) is 6. The molecule has 0 saturated carbocycles. The molecule has 0 aliphatic carbocycles. The number of hydrogen-bond donors (Lipinski definition) is 0. The van der Waals surface area contributed by atoms with E-state index in [0.29, 0.717) is 10.8 Å². The van der Waals surface area contributed by atoms with Crippen LogP contribution in [-0.2, 0) is 7.05 Å². The second-order valence-electron chi connectivity index (χ2n) is 5.48. The Bertz CT molecular complexity index is 838. The summed E-state index contributed by atoms with van der Waals surface area (Å²) >= 11 is 6.44. The Labute approximate surface area is 131 Å². The Morgan fingerprint density at radius 1 is 1.27 bits per heavy atom. The fraction of sp³-hybridized carbons (Fsp3) is 0.462. The topological polar surface area (TPSA) is 77.0 Å². The van der Waals surface area contributed by atoms with Gasteiger partial charge in [-0.3, -0.25) is 4.68 Å². The average Bonchev–Trinajstić information content (AvgIpc) is 3.19. The molecule has 114 valence electrons. The Kier molecular flexibility index (Phi) is 3.00. The van der Waals surface area contributed by atoms with Crippen LogP contribution in [0.5, 0.6) is 0 Å². The number of nitrogens with zero attached hydrogens (tertiary/aromatic N) is 8. The lowest BCUT2D eigenvalue weighted by Crippen LogP contribution is -2.24. The molecule has 22 heavy (non-hydrogen) atoms. The first-order chi connectivity index (χ1) is 10.6. The molecule has 1 aliphatic heterocycles. The van der Waals surface area contributed by atoms with Crippen molar-refractivity contribution in [3.05, 3.63) is 28.5 Å². The lowest BCUT2D eigenvalue weighted by molar-refractivity contribution is 0.676. The number of aryl methyl sites for hydroxylation is 2. The third-order valence-corrected chi connectivity index (χ3v) is 4.58. The first-order valence-corrected chi connectivity index (χ1v) is 7.54. The molecule has 0 N–H and O–H groups in total. The first-order valence-electron chi connectivity index (χ1n) is 7.16. The Balaban J connectivity index is 1.77. The molecule has 4 rings (SSSR count). The Morgan fingerprint density at radius 3 is 2.91 bits per heavy atom. The van der Waals surface area contributed by atoms with E-state index in [0.717, 1.165) is 36.5 Å². The van der Waals surface area contributed by atoms with Crippen molar-refractivity contribution in [2.24, 2.45) is 7.05 Å². The summed E-state index contributed by atoms with van der Waals surface area (Å²) < 4.78 is 3.17. The molecule has 1 saturated heterocycles. The van der Waals surface area contributed by atoms with Crippen LogP contribution in [0.1, 0.15) is 30.1 Å². The van der Waals surface area contributed by atoms with Crippen LogP contribution in [0.4, 0.5) is 5.82 Å². The number of anilines is 1. The number of tetrazole rings is 1. The Hall–Kier alpha value is -2.22. The van der Waals surface area contributed by atoms with Crippen LogP contribution in [-0.4, -0.2) is 41.6 Å². The second-order valence-corrected chi connectivity index (χ2v) is 5.84. The zero-order valence-corrected chi connectivity index (χ0v) is 13.1. The molecule has 0 spiro atoms. The molecule has 4 heterocycles. The van der Waals surface area contributed by atoms with Crippen molar-refractivity contribution in [2.45, 2.75) is 25.8 Å². The number of halogens is 1. The highest BCUT2D eigenvalue weighted by molar-refractivity contribution is 6.30. The molecule has 0 amide bonds. The number of fused-ring (bicyclic) bond motifs is 1. The summed E-state index contributed by atoms with van der Waals surface area (Å²) in [6.45, 7) is 2.92. The second kappa shape index (κ2) is 4.91. The molecular formula is C13H15ClN8. The number of rotatable bonds is 2. The summed E-state index contributed by atoms with van der Waals surface area (Å²) in [5.74, 6) is 0.849. The zero-order valence-electron chi connectivity index (χ0n) is 12.3. The molecule has 1 atom stereocenters. The first kappa shape index (κ1) is 13.4. The molecule has 0 aromatic carbocycles. The molecular weight excluding hydrogens is 304 g/mol. The van der Waals surface area contributed by atoms with Crippen molar-refractivity contribution in [1.29, 1.82) is 0 Å². The summed E-state index contributed by atoms with van der Waals surface area (Å²) in [5, 5.41) is 21.0. The highest BCUT2D eigenvalue weighted by Crippen LogP contribution is 2.39. The normalized spacial score (nSPS) is 18.5. The third-order valence-electron chi connectivity index (χ3n) is 4.13. The maximum Gasteiger partial charge on any atom is 0.200 e. The SMILES string of the molecule is Cc1nn(C)c(Cl)c1[C@@H]1CCCN1c1ccc2nnnn2n1. The van der Waals surface area contributed by atoms with Gasteiger partial charge in [0.25, 0.3) is 0 Å². The van der Waals surface area contributed by atoms with E-state index in [1.54, 1.807) is 4.68 Å². The van der Waals surface area contributed by atoms with E-state index >= 15 is 0 Å². The van der Waals surface area contributed by atoms with Crippen molar-refractivity contribution < 1.29 is 0 Å². The van der Waals surface area contributed by atoms with Crippen molar-refractivity contribution in [3.63, 3.8) is 0 Å². The lowest BCUT2D eigenvalue weighted by Gasteiger charge is -2.25. The highest BCUT2D eigenvalue weighted by Gasteiger charge is 2.32. The van der Waals surface area contributed by atoms with Gasteiger partial charge in [0, 0.05) is 19.2 Å². The predicted octanol–water partition coefficient (Wildman–Crippen LogP) is 1.56. The van der Waals surface area contributed by atoms with Crippen molar-refractivity contribution >= 4 is 23.1 Å². The van der Waals surface area contributed by atoms with Gasteiger partial charge in [-0.25, -0.2) is 0 Å². The van der Waals surface area contributed by atoms with E-state index in [4.69, 9.17) is 11.6 Å². The largest absolute Gasteiger partial charge is 0.348 e. The van der Waals surface area contributed by atoms with Gasteiger partial charge >= 0.3 is 0 Å². The van der Waals surface area contributed by atoms with Crippen LogP contribution < -0.4 is 4.90 Å². The van der Waals surface area contributed by atoms with E-state index in [-0.39, 0.29) is 6.04 Å². The van der Waals surface area contributed by atoms with Crippen LogP contribution in [0.15, 0.2) is 12.1 Å². The predicted molar refractivity (Wildman–Crippen MR) is 80.9 cm³/mol. The minimum Gasteiger partial charge on any atom is -0.348 e. The maximum atomic E-state index is 6.44. The van der Waals surface area contributed by atoms with Crippen molar-refractivity contribution in [1.82, 2.24) is 35.0 Å². The zero-order chi connectivity index (χ0) is 15.3. The summed E-state index contributed by atoms with van der Waals surface area (Å²) in [4.78, 5) is 2.25. The van der Waals surface area contributed by atoms with Gasteiger partial charge in [-0.15, -0.1) is 14.8 Å².